The van der Waals surface area contributed by atoms with E-state index in [1.807, 2.05) is 6.07 Å². The fourth-order valence-electron chi connectivity index (χ4n) is 2.01. The number of carbonyl (C=O) groups is 3. The zero-order chi connectivity index (χ0) is 18.8. The third-order valence-electron chi connectivity index (χ3n) is 3.16. The van der Waals surface area contributed by atoms with Crippen molar-refractivity contribution in [1.29, 1.82) is 0 Å². The van der Waals surface area contributed by atoms with Crippen molar-refractivity contribution in [2.75, 3.05) is 25.1 Å². The molecule has 1 N–H and O–H groups in total. The first-order valence-corrected chi connectivity index (χ1v) is 7.99. The van der Waals surface area contributed by atoms with Crippen LogP contribution in [0.5, 0.6) is 5.75 Å². The molecule has 0 aliphatic carbocycles. The maximum atomic E-state index is 11.9. The summed E-state index contributed by atoms with van der Waals surface area (Å²) in [5.74, 6) is -1.27. The van der Waals surface area contributed by atoms with Crippen LogP contribution < -0.4 is 10.1 Å². The lowest BCUT2D eigenvalue weighted by Gasteiger charge is -2.11. The van der Waals surface area contributed by atoms with Crippen molar-refractivity contribution in [2.24, 2.45) is 0 Å². The molecule has 0 bridgehead atoms. The van der Waals surface area contributed by atoms with Crippen LogP contribution in [0.25, 0.3) is 0 Å². The minimum absolute atomic E-state index is 0.222. The molecule has 136 valence electrons. The SMILES string of the molecule is CCOC(=O)c1ccccc1NC(=O)COC(=O)COc1ccccc1. The molecule has 0 aromatic heterocycles. The molecule has 0 atom stereocenters. The molecule has 0 heterocycles. The summed E-state index contributed by atoms with van der Waals surface area (Å²) in [6.07, 6.45) is 0. The van der Waals surface area contributed by atoms with Gasteiger partial charge in [0.1, 0.15) is 5.75 Å². The number of nitrogens with one attached hydrogen (secondary N) is 1. The van der Waals surface area contributed by atoms with Crippen molar-refractivity contribution in [3.8, 4) is 5.75 Å². The van der Waals surface area contributed by atoms with Gasteiger partial charge in [-0.1, -0.05) is 30.3 Å². The Morgan fingerprint density at radius 3 is 2.31 bits per heavy atom. The van der Waals surface area contributed by atoms with E-state index < -0.39 is 24.5 Å². The summed E-state index contributed by atoms with van der Waals surface area (Å²) in [5.41, 5.74) is 0.508. The van der Waals surface area contributed by atoms with E-state index in [4.69, 9.17) is 14.2 Å². The summed E-state index contributed by atoms with van der Waals surface area (Å²) in [7, 11) is 0. The summed E-state index contributed by atoms with van der Waals surface area (Å²) in [4.78, 5) is 35.4. The fraction of sp³-hybridized carbons (Fsp3) is 0.211. The minimum Gasteiger partial charge on any atom is -0.482 e. The molecule has 26 heavy (non-hydrogen) atoms. The first kappa shape index (κ1) is 19.0. The van der Waals surface area contributed by atoms with Crippen molar-refractivity contribution >= 4 is 23.5 Å². The molecule has 1 amide bonds. The normalized spacial score (nSPS) is 9.88. The Morgan fingerprint density at radius 1 is 0.885 bits per heavy atom. The van der Waals surface area contributed by atoms with E-state index in [0.717, 1.165) is 0 Å². The predicted molar refractivity (Wildman–Crippen MR) is 93.9 cm³/mol. The molecule has 2 aromatic rings. The van der Waals surface area contributed by atoms with Gasteiger partial charge in [0.15, 0.2) is 13.2 Å². The lowest BCUT2D eigenvalue weighted by atomic mass is 10.2. The third-order valence-corrected chi connectivity index (χ3v) is 3.16. The summed E-state index contributed by atoms with van der Waals surface area (Å²) >= 11 is 0. The monoisotopic (exact) mass is 357 g/mol. The van der Waals surface area contributed by atoms with Gasteiger partial charge in [0.2, 0.25) is 0 Å². The van der Waals surface area contributed by atoms with Crippen LogP contribution in [0.1, 0.15) is 17.3 Å². The number of hydrogen-bond donors (Lipinski definition) is 1. The highest BCUT2D eigenvalue weighted by molar-refractivity contribution is 6.01. The number of para-hydroxylation sites is 2. The molecule has 7 nitrogen and oxygen atoms in total. The van der Waals surface area contributed by atoms with Gasteiger partial charge in [-0.15, -0.1) is 0 Å². The highest BCUT2D eigenvalue weighted by Crippen LogP contribution is 2.16. The van der Waals surface area contributed by atoms with Crippen LogP contribution in [-0.2, 0) is 19.1 Å². The molecular weight excluding hydrogens is 338 g/mol. The Morgan fingerprint density at radius 2 is 1.58 bits per heavy atom. The van der Waals surface area contributed by atoms with Crippen molar-refractivity contribution in [1.82, 2.24) is 0 Å². The van der Waals surface area contributed by atoms with Gasteiger partial charge in [0.25, 0.3) is 5.91 Å². The summed E-state index contributed by atoms with van der Waals surface area (Å²) < 4.78 is 15.0. The van der Waals surface area contributed by atoms with Gasteiger partial charge in [0.05, 0.1) is 17.9 Å². The number of esters is 2. The lowest BCUT2D eigenvalue weighted by molar-refractivity contribution is -0.149. The van der Waals surface area contributed by atoms with Gasteiger partial charge in [-0.05, 0) is 31.2 Å². The van der Waals surface area contributed by atoms with Crippen molar-refractivity contribution in [2.45, 2.75) is 6.92 Å². The van der Waals surface area contributed by atoms with E-state index in [9.17, 15) is 14.4 Å². The van der Waals surface area contributed by atoms with Crippen LogP contribution in [-0.4, -0.2) is 37.7 Å². The zero-order valence-electron chi connectivity index (χ0n) is 14.3. The van der Waals surface area contributed by atoms with E-state index in [1.54, 1.807) is 49.4 Å². The van der Waals surface area contributed by atoms with Crippen LogP contribution in [0.2, 0.25) is 0 Å². The summed E-state index contributed by atoms with van der Waals surface area (Å²) in [5, 5.41) is 2.52. The quantitative estimate of drug-likeness (QED) is 0.730. The summed E-state index contributed by atoms with van der Waals surface area (Å²) in [6, 6.07) is 15.2. The van der Waals surface area contributed by atoms with E-state index in [0.29, 0.717) is 5.75 Å². The van der Waals surface area contributed by atoms with Crippen molar-refractivity contribution < 1.29 is 28.6 Å². The van der Waals surface area contributed by atoms with Gasteiger partial charge in [-0.3, -0.25) is 4.79 Å². The molecule has 0 fully saturated rings. The first-order valence-electron chi connectivity index (χ1n) is 7.99. The van der Waals surface area contributed by atoms with E-state index in [2.05, 4.69) is 5.32 Å². The lowest BCUT2D eigenvalue weighted by Crippen LogP contribution is -2.24. The third kappa shape index (κ3) is 5.94. The van der Waals surface area contributed by atoms with Crippen LogP contribution in [0.4, 0.5) is 5.69 Å². The van der Waals surface area contributed by atoms with Gasteiger partial charge in [-0.25, -0.2) is 9.59 Å². The van der Waals surface area contributed by atoms with Crippen molar-refractivity contribution in [3.05, 3.63) is 60.2 Å². The second kappa shape index (κ2) is 9.83. The molecule has 0 unspecified atom stereocenters. The standard InChI is InChI=1S/C19H19NO6/c1-2-24-19(23)15-10-6-7-11-16(15)20-17(21)12-26-18(22)13-25-14-8-4-3-5-9-14/h3-11H,2,12-13H2,1H3,(H,20,21). The van der Waals surface area contributed by atoms with Crippen LogP contribution in [0.3, 0.4) is 0 Å². The number of anilines is 1. The number of rotatable bonds is 8. The molecule has 0 saturated heterocycles. The summed E-state index contributed by atoms with van der Waals surface area (Å²) in [6.45, 7) is 1.11. The minimum atomic E-state index is -0.678. The van der Waals surface area contributed by atoms with Crippen LogP contribution in [0, 0.1) is 0 Å². The molecular formula is C19H19NO6. The molecule has 2 aromatic carbocycles. The molecule has 0 spiro atoms. The van der Waals surface area contributed by atoms with E-state index in [-0.39, 0.29) is 24.5 Å². The Kier molecular flexibility index (Phi) is 7.17. The van der Waals surface area contributed by atoms with Crippen LogP contribution in [0.15, 0.2) is 54.6 Å². The molecule has 0 radical (unpaired) electrons. The maximum Gasteiger partial charge on any atom is 0.344 e. The number of benzene rings is 2. The average Bonchev–Trinajstić information content (AvgIpc) is 2.66. The largest absolute Gasteiger partial charge is 0.482 e. The maximum absolute atomic E-state index is 11.9. The molecule has 0 aliphatic heterocycles. The van der Waals surface area contributed by atoms with Gasteiger partial charge in [0, 0.05) is 0 Å². The highest BCUT2D eigenvalue weighted by atomic mass is 16.6. The first-order chi connectivity index (χ1) is 12.6. The zero-order valence-corrected chi connectivity index (χ0v) is 14.3. The second-order valence-electron chi connectivity index (χ2n) is 5.08. The van der Waals surface area contributed by atoms with Crippen LogP contribution >= 0.6 is 0 Å². The molecule has 0 saturated carbocycles. The Balaban J connectivity index is 1.82. The van der Waals surface area contributed by atoms with Gasteiger partial charge < -0.3 is 19.5 Å². The second-order valence-corrected chi connectivity index (χ2v) is 5.08. The Bertz CT molecular complexity index is 760. The number of ether oxygens (including phenoxy) is 3. The highest BCUT2D eigenvalue weighted by Gasteiger charge is 2.15. The molecule has 0 aliphatic rings. The van der Waals surface area contributed by atoms with E-state index >= 15 is 0 Å². The smallest absolute Gasteiger partial charge is 0.344 e. The van der Waals surface area contributed by atoms with Gasteiger partial charge in [-0.2, -0.15) is 0 Å². The molecule has 2 rings (SSSR count). The Labute approximate surface area is 150 Å². The number of amides is 1. The molecule has 7 heteroatoms. The predicted octanol–water partition coefficient (Wildman–Crippen LogP) is 2.42. The van der Waals surface area contributed by atoms with E-state index in [1.165, 1.54) is 6.07 Å². The number of carbonyl (C=O) groups excluding carboxylic acids is 3. The Hall–Kier alpha value is -3.35. The van der Waals surface area contributed by atoms with Gasteiger partial charge >= 0.3 is 11.9 Å². The number of hydrogen-bond acceptors (Lipinski definition) is 6. The topological polar surface area (TPSA) is 90.9 Å². The fourth-order valence-corrected chi connectivity index (χ4v) is 2.01. The average molecular weight is 357 g/mol. The van der Waals surface area contributed by atoms with Crippen molar-refractivity contribution in [3.63, 3.8) is 0 Å².